The lowest BCUT2D eigenvalue weighted by atomic mass is 10.2. The Bertz CT molecular complexity index is 455. The van der Waals surface area contributed by atoms with Crippen molar-refractivity contribution < 1.29 is 23.1 Å². The Morgan fingerprint density at radius 3 is 2.59 bits per heavy atom. The zero-order valence-electron chi connectivity index (χ0n) is 8.58. The summed E-state index contributed by atoms with van der Waals surface area (Å²) in [5.41, 5.74) is -2.27. The molecule has 0 aromatic carbocycles. The highest BCUT2D eigenvalue weighted by Gasteiger charge is 2.63. The monoisotopic (exact) mass is 246 g/mol. The number of nitrogens with one attached hydrogen (secondary N) is 1. The second kappa shape index (κ2) is 3.61. The third-order valence-corrected chi connectivity index (χ3v) is 2.69. The normalized spacial score (nSPS) is 17.6. The van der Waals surface area contributed by atoms with Crippen molar-refractivity contribution in [3.8, 4) is 0 Å². The Labute approximate surface area is 94.5 Å². The van der Waals surface area contributed by atoms with E-state index >= 15 is 0 Å². The van der Waals surface area contributed by atoms with E-state index in [1.54, 1.807) is 0 Å². The number of alkyl halides is 3. The van der Waals surface area contributed by atoms with Crippen LogP contribution in [0.1, 0.15) is 23.2 Å². The molecule has 0 aliphatic heterocycles. The molecule has 0 unspecified atom stereocenters. The minimum Gasteiger partial charge on any atom is -0.478 e. The Hall–Kier alpha value is -1.79. The van der Waals surface area contributed by atoms with Crippen LogP contribution in [0.3, 0.4) is 0 Å². The van der Waals surface area contributed by atoms with Crippen LogP contribution >= 0.6 is 0 Å². The van der Waals surface area contributed by atoms with Gasteiger partial charge in [0.05, 0.1) is 0 Å². The van der Waals surface area contributed by atoms with Gasteiger partial charge in [-0.1, -0.05) is 0 Å². The minimum absolute atomic E-state index is 0.0634. The highest BCUT2D eigenvalue weighted by atomic mass is 19.4. The molecule has 2 N–H and O–H groups in total. The predicted octanol–water partition coefficient (Wildman–Crippen LogP) is 2.29. The third-order valence-electron chi connectivity index (χ3n) is 2.69. The average molecular weight is 246 g/mol. The number of hydrogen-bond acceptors (Lipinski definition) is 3. The summed E-state index contributed by atoms with van der Waals surface area (Å²) in [6.45, 7) is 0. The van der Waals surface area contributed by atoms with Crippen molar-refractivity contribution in [3.05, 3.63) is 23.9 Å². The number of carboxylic acid groups (broad SMARTS) is 1. The fraction of sp³-hybridized carbons (Fsp3) is 0.400. The first kappa shape index (κ1) is 11.7. The molecule has 1 aliphatic rings. The van der Waals surface area contributed by atoms with E-state index in [4.69, 9.17) is 5.11 Å². The van der Waals surface area contributed by atoms with Crippen molar-refractivity contribution in [1.29, 1.82) is 0 Å². The van der Waals surface area contributed by atoms with Crippen molar-refractivity contribution in [2.45, 2.75) is 24.6 Å². The number of carboxylic acids is 1. The average Bonchev–Trinajstić information content (AvgIpc) is 2.98. The zero-order valence-corrected chi connectivity index (χ0v) is 8.58. The quantitative estimate of drug-likeness (QED) is 0.858. The van der Waals surface area contributed by atoms with Crippen LogP contribution in [0.25, 0.3) is 0 Å². The van der Waals surface area contributed by atoms with E-state index in [2.05, 4.69) is 10.3 Å². The summed E-state index contributed by atoms with van der Waals surface area (Å²) in [6, 6.07) is 2.58. The van der Waals surface area contributed by atoms with Crippen molar-refractivity contribution in [2.75, 3.05) is 5.32 Å². The molecule has 17 heavy (non-hydrogen) atoms. The second-order valence-electron chi connectivity index (χ2n) is 3.91. The van der Waals surface area contributed by atoms with Crippen molar-refractivity contribution in [2.24, 2.45) is 0 Å². The molecular weight excluding hydrogens is 237 g/mol. The molecule has 1 aromatic heterocycles. The molecule has 2 rings (SSSR count). The molecule has 92 valence electrons. The number of nitrogens with zero attached hydrogens (tertiary/aromatic N) is 1. The molecule has 1 fully saturated rings. The maximum Gasteiger partial charge on any atom is 0.411 e. The zero-order chi connectivity index (χ0) is 12.7. The van der Waals surface area contributed by atoms with Crippen LogP contribution in [0.2, 0.25) is 0 Å². The summed E-state index contributed by atoms with van der Waals surface area (Å²) in [5.74, 6) is -1.55. The van der Waals surface area contributed by atoms with E-state index in [1.807, 2.05) is 0 Å². The molecular formula is C10H9F3N2O2. The van der Waals surface area contributed by atoms with Gasteiger partial charge in [0, 0.05) is 6.20 Å². The SMILES string of the molecule is O=C(O)c1cccnc1NC1(C(F)(F)F)CC1. The molecule has 1 heterocycles. The number of hydrogen-bond donors (Lipinski definition) is 2. The molecule has 0 bridgehead atoms. The summed E-state index contributed by atoms with van der Waals surface area (Å²) in [7, 11) is 0. The Morgan fingerprint density at radius 1 is 1.47 bits per heavy atom. The van der Waals surface area contributed by atoms with Gasteiger partial charge in [-0.15, -0.1) is 0 Å². The van der Waals surface area contributed by atoms with Gasteiger partial charge >= 0.3 is 12.1 Å². The summed E-state index contributed by atoms with van der Waals surface area (Å²) >= 11 is 0. The second-order valence-corrected chi connectivity index (χ2v) is 3.91. The number of halogens is 3. The Morgan fingerprint density at radius 2 is 2.12 bits per heavy atom. The highest BCUT2D eigenvalue weighted by molar-refractivity contribution is 5.93. The topological polar surface area (TPSA) is 62.2 Å². The van der Waals surface area contributed by atoms with Gasteiger partial charge in [-0.05, 0) is 25.0 Å². The predicted molar refractivity (Wildman–Crippen MR) is 52.8 cm³/mol. The number of rotatable bonds is 3. The standard InChI is InChI=1S/C10H9F3N2O2/c11-10(12,13)9(3-4-9)15-7-6(8(16)17)2-1-5-14-7/h1-2,5H,3-4H2,(H,14,15)(H,16,17). The fourth-order valence-corrected chi connectivity index (χ4v) is 1.51. The molecule has 1 aliphatic carbocycles. The number of aromatic carboxylic acids is 1. The smallest absolute Gasteiger partial charge is 0.411 e. The van der Waals surface area contributed by atoms with Gasteiger partial charge in [0.2, 0.25) is 0 Å². The lowest BCUT2D eigenvalue weighted by molar-refractivity contribution is -0.151. The van der Waals surface area contributed by atoms with Gasteiger partial charge in [-0.3, -0.25) is 0 Å². The first-order chi connectivity index (χ1) is 7.86. The summed E-state index contributed by atoms with van der Waals surface area (Å²) in [6.07, 6.45) is -3.28. The summed E-state index contributed by atoms with van der Waals surface area (Å²) in [4.78, 5) is 14.5. The van der Waals surface area contributed by atoms with E-state index < -0.39 is 17.7 Å². The number of pyridine rings is 1. The van der Waals surface area contributed by atoms with E-state index in [0.717, 1.165) is 0 Å². The van der Waals surface area contributed by atoms with Crippen LogP contribution in [0.5, 0.6) is 0 Å². The fourth-order valence-electron chi connectivity index (χ4n) is 1.51. The molecule has 1 aromatic rings. The summed E-state index contributed by atoms with van der Waals surface area (Å²) < 4.78 is 38.0. The van der Waals surface area contributed by atoms with Crippen LogP contribution in [0, 0.1) is 0 Å². The van der Waals surface area contributed by atoms with Gasteiger partial charge in [0.1, 0.15) is 16.9 Å². The van der Waals surface area contributed by atoms with E-state index in [-0.39, 0.29) is 24.2 Å². The summed E-state index contributed by atoms with van der Waals surface area (Å²) in [5, 5.41) is 11.0. The highest BCUT2D eigenvalue weighted by Crippen LogP contribution is 2.51. The molecule has 7 heteroatoms. The molecule has 0 amide bonds. The van der Waals surface area contributed by atoms with Crippen LogP contribution in [0.4, 0.5) is 19.0 Å². The Balaban J connectivity index is 2.29. The first-order valence-electron chi connectivity index (χ1n) is 4.89. The molecule has 0 radical (unpaired) electrons. The van der Waals surface area contributed by atoms with Gasteiger partial charge in [0.15, 0.2) is 0 Å². The Kier molecular flexibility index (Phi) is 2.48. The maximum atomic E-state index is 12.7. The van der Waals surface area contributed by atoms with Crippen molar-refractivity contribution in [3.63, 3.8) is 0 Å². The molecule has 1 saturated carbocycles. The van der Waals surface area contributed by atoms with Crippen molar-refractivity contribution >= 4 is 11.8 Å². The van der Waals surface area contributed by atoms with Gasteiger partial charge in [-0.2, -0.15) is 13.2 Å². The van der Waals surface area contributed by atoms with Gasteiger partial charge < -0.3 is 10.4 Å². The lowest BCUT2D eigenvalue weighted by Crippen LogP contribution is -2.39. The third kappa shape index (κ3) is 2.04. The van der Waals surface area contributed by atoms with Gasteiger partial charge in [-0.25, -0.2) is 9.78 Å². The molecule has 4 nitrogen and oxygen atoms in total. The van der Waals surface area contributed by atoms with Crippen molar-refractivity contribution in [1.82, 2.24) is 4.98 Å². The van der Waals surface area contributed by atoms with E-state index in [9.17, 15) is 18.0 Å². The van der Waals surface area contributed by atoms with Crippen LogP contribution in [-0.4, -0.2) is 27.8 Å². The molecule has 0 saturated heterocycles. The largest absolute Gasteiger partial charge is 0.478 e. The maximum absolute atomic E-state index is 12.7. The van der Waals surface area contributed by atoms with E-state index in [0.29, 0.717) is 0 Å². The van der Waals surface area contributed by atoms with Crippen LogP contribution in [-0.2, 0) is 0 Å². The van der Waals surface area contributed by atoms with Crippen LogP contribution < -0.4 is 5.32 Å². The van der Waals surface area contributed by atoms with Crippen LogP contribution in [0.15, 0.2) is 18.3 Å². The minimum atomic E-state index is -4.40. The first-order valence-corrected chi connectivity index (χ1v) is 4.89. The molecule has 0 spiro atoms. The number of aromatic nitrogens is 1. The molecule has 0 atom stereocenters. The van der Waals surface area contributed by atoms with E-state index in [1.165, 1.54) is 18.3 Å². The lowest BCUT2D eigenvalue weighted by Gasteiger charge is -2.21. The number of anilines is 1. The van der Waals surface area contributed by atoms with Gasteiger partial charge in [0.25, 0.3) is 0 Å². The number of carbonyl (C=O) groups is 1.